The average molecular weight is 490 g/mol. The van der Waals surface area contributed by atoms with E-state index in [1.54, 1.807) is 47.0 Å². The number of nitrogens with zero attached hydrogens (tertiary/aromatic N) is 3. The minimum Gasteiger partial charge on any atom is -0.497 e. The van der Waals surface area contributed by atoms with Gasteiger partial charge in [0.2, 0.25) is 5.95 Å². The van der Waals surface area contributed by atoms with Crippen molar-refractivity contribution in [2.24, 2.45) is 0 Å². The number of rotatable bonds is 6. The van der Waals surface area contributed by atoms with Crippen molar-refractivity contribution in [3.8, 4) is 5.75 Å². The Hall–Kier alpha value is -3.13. The zero-order valence-electron chi connectivity index (χ0n) is 16.6. The molecule has 10 heteroatoms. The van der Waals surface area contributed by atoms with Crippen LogP contribution in [0.5, 0.6) is 5.75 Å². The molecule has 1 amide bonds. The highest BCUT2D eigenvalue weighted by Crippen LogP contribution is 2.35. The number of fused-ring (bicyclic) bond motifs is 1. The summed E-state index contributed by atoms with van der Waals surface area (Å²) in [6, 6.07) is 11.9. The van der Waals surface area contributed by atoms with Crippen LogP contribution in [0, 0.1) is 0 Å². The van der Waals surface area contributed by atoms with E-state index in [-0.39, 0.29) is 23.2 Å². The standard InChI is InChI=1S/C22H15Cl3N4O3/c1-32-14-5-6-17-15(10-14)18(19(30)21(31)28-22-26-7-2-8-27-22)20(25)29(17)11-12-3-4-13(23)9-16(12)24/h2-10H,11H2,1H3,(H,26,27,28,31). The molecule has 4 aromatic rings. The number of halogens is 3. The summed E-state index contributed by atoms with van der Waals surface area (Å²) < 4.78 is 6.99. The first-order valence-electron chi connectivity index (χ1n) is 9.31. The molecular weight excluding hydrogens is 475 g/mol. The smallest absolute Gasteiger partial charge is 0.299 e. The largest absolute Gasteiger partial charge is 0.497 e. The molecule has 32 heavy (non-hydrogen) atoms. The summed E-state index contributed by atoms with van der Waals surface area (Å²) in [5.41, 5.74) is 1.42. The molecular formula is C22H15Cl3N4O3. The van der Waals surface area contributed by atoms with Gasteiger partial charge in [-0.15, -0.1) is 0 Å². The van der Waals surface area contributed by atoms with E-state index in [2.05, 4.69) is 15.3 Å². The first kappa shape index (κ1) is 22.1. The van der Waals surface area contributed by atoms with Crippen LogP contribution in [-0.4, -0.2) is 33.3 Å². The van der Waals surface area contributed by atoms with Gasteiger partial charge >= 0.3 is 0 Å². The highest BCUT2D eigenvalue weighted by molar-refractivity contribution is 6.51. The topological polar surface area (TPSA) is 86.1 Å². The van der Waals surface area contributed by atoms with Crippen LogP contribution in [0.15, 0.2) is 54.9 Å². The molecule has 0 saturated heterocycles. The molecule has 0 aliphatic heterocycles. The summed E-state index contributed by atoms with van der Waals surface area (Å²) in [6.07, 6.45) is 2.90. The number of benzene rings is 2. The van der Waals surface area contributed by atoms with Crippen LogP contribution in [0.2, 0.25) is 15.2 Å². The van der Waals surface area contributed by atoms with Gasteiger partial charge in [0.15, 0.2) is 0 Å². The third-order valence-corrected chi connectivity index (χ3v) is 5.76. The number of carbonyl (C=O) groups excluding carboxylic acids is 2. The minimum atomic E-state index is -0.913. The Kier molecular flexibility index (Phi) is 6.32. The third-order valence-electron chi connectivity index (χ3n) is 4.78. The Morgan fingerprint density at radius 1 is 1.06 bits per heavy atom. The van der Waals surface area contributed by atoms with Gasteiger partial charge < -0.3 is 9.30 Å². The van der Waals surface area contributed by atoms with Crippen LogP contribution in [0.25, 0.3) is 10.9 Å². The molecule has 2 aromatic heterocycles. The Balaban J connectivity index is 1.80. The molecule has 2 heterocycles. The van der Waals surface area contributed by atoms with E-state index in [0.717, 1.165) is 5.56 Å². The van der Waals surface area contributed by atoms with E-state index in [1.165, 1.54) is 19.5 Å². The van der Waals surface area contributed by atoms with Crippen LogP contribution < -0.4 is 10.1 Å². The maximum atomic E-state index is 13.1. The second-order valence-electron chi connectivity index (χ2n) is 6.73. The van der Waals surface area contributed by atoms with Gasteiger partial charge in [-0.2, -0.15) is 0 Å². The van der Waals surface area contributed by atoms with Crippen molar-refractivity contribution in [1.82, 2.24) is 14.5 Å². The van der Waals surface area contributed by atoms with E-state index in [4.69, 9.17) is 39.5 Å². The fourth-order valence-electron chi connectivity index (χ4n) is 3.26. The van der Waals surface area contributed by atoms with Crippen molar-refractivity contribution in [1.29, 1.82) is 0 Å². The molecule has 2 aromatic carbocycles. The number of Topliss-reactive ketones (excluding diaryl/α,β-unsaturated/α-hetero) is 1. The van der Waals surface area contributed by atoms with Gasteiger partial charge in [-0.3, -0.25) is 14.9 Å². The number of anilines is 1. The van der Waals surface area contributed by atoms with E-state index in [0.29, 0.717) is 26.7 Å². The van der Waals surface area contributed by atoms with Gasteiger partial charge in [-0.1, -0.05) is 40.9 Å². The molecule has 1 N–H and O–H groups in total. The normalized spacial score (nSPS) is 10.9. The summed E-state index contributed by atoms with van der Waals surface area (Å²) in [7, 11) is 1.51. The van der Waals surface area contributed by atoms with Gasteiger partial charge in [0.05, 0.1) is 24.7 Å². The molecule has 0 bridgehead atoms. The maximum Gasteiger partial charge on any atom is 0.299 e. The Labute approximate surface area is 197 Å². The van der Waals surface area contributed by atoms with E-state index in [9.17, 15) is 9.59 Å². The van der Waals surface area contributed by atoms with Gasteiger partial charge in [-0.25, -0.2) is 9.97 Å². The molecule has 0 atom stereocenters. The van der Waals surface area contributed by atoms with Crippen molar-refractivity contribution in [2.75, 3.05) is 12.4 Å². The Morgan fingerprint density at radius 3 is 2.50 bits per heavy atom. The third kappa shape index (κ3) is 4.27. The van der Waals surface area contributed by atoms with E-state index in [1.807, 2.05) is 0 Å². The average Bonchev–Trinajstić information content (AvgIpc) is 3.06. The summed E-state index contributed by atoms with van der Waals surface area (Å²) in [4.78, 5) is 33.6. The fraction of sp³-hybridized carbons (Fsp3) is 0.0909. The van der Waals surface area contributed by atoms with Crippen molar-refractivity contribution in [3.63, 3.8) is 0 Å². The number of aromatic nitrogens is 3. The Morgan fingerprint density at radius 2 is 1.81 bits per heavy atom. The number of hydrogen-bond acceptors (Lipinski definition) is 5. The number of ether oxygens (including phenoxy) is 1. The Bertz CT molecular complexity index is 1340. The number of hydrogen-bond donors (Lipinski definition) is 1. The molecule has 7 nitrogen and oxygen atoms in total. The zero-order chi connectivity index (χ0) is 22.8. The number of amides is 1. The predicted octanol–water partition coefficient (Wildman–Crippen LogP) is 5.27. The number of carbonyl (C=O) groups is 2. The summed E-state index contributed by atoms with van der Waals surface area (Å²) in [6.45, 7) is 0.258. The second-order valence-corrected chi connectivity index (χ2v) is 7.93. The van der Waals surface area contributed by atoms with Gasteiger partial charge in [-0.05, 0) is 42.0 Å². The van der Waals surface area contributed by atoms with Crippen molar-refractivity contribution >= 4 is 63.3 Å². The van der Waals surface area contributed by atoms with Gasteiger partial charge in [0.1, 0.15) is 10.9 Å². The van der Waals surface area contributed by atoms with Crippen LogP contribution in [0.3, 0.4) is 0 Å². The number of nitrogens with one attached hydrogen (secondary N) is 1. The molecule has 0 saturated carbocycles. The highest BCUT2D eigenvalue weighted by Gasteiger charge is 2.27. The summed E-state index contributed by atoms with van der Waals surface area (Å²) >= 11 is 19.0. The first-order chi connectivity index (χ1) is 15.4. The summed E-state index contributed by atoms with van der Waals surface area (Å²) in [5.74, 6) is -1.22. The lowest BCUT2D eigenvalue weighted by Gasteiger charge is -2.10. The number of methoxy groups -OCH3 is 1. The lowest BCUT2D eigenvalue weighted by molar-refractivity contribution is -0.112. The molecule has 0 unspecified atom stereocenters. The van der Waals surface area contributed by atoms with E-state index >= 15 is 0 Å². The number of ketones is 1. The quantitative estimate of drug-likeness (QED) is 0.294. The monoisotopic (exact) mass is 488 g/mol. The SMILES string of the molecule is COc1ccc2c(c1)c(C(=O)C(=O)Nc1ncccn1)c(Cl)n2Cc1ccc(Cl)cc1Cl. The first-order valence-corrected chi connectivity index (χ1v) is 10.4. The van der Waals surface area contributed by atoms with Crippen LogP contribution in [0.1, 0.15) is 15.9 Å². The van der Waals surface area contributed by atoms with Crippen molar-refractivity contribution in [3.05, 3.63) is 81.2 Å². The molecule has 4 rings (SSSR count). The molecule has 0 spiro atoms. The minimum absolute atomic E-state index is 0.0104. The lowest BCUT2D eigenvalue weighted by Crippen LogP contribution is -2.24. The molecule has 0 radical (unpaired) electrons. The molecule has 162 valence electrons. The lowest BCUT2D eigenvalue weighted by atomic mass is 10.1. The maximum absolute atomic E-state index is 13.1. The van der Waals surface area contributed by atoms with Gasteiger partial charge in [0, 0.05) is 27.8 Å². The van der Waals surface area contributed by atoms with Gasteiger partial charge in [0.25, 0.3) is 11.7 Å². The van der Waals surface area contributed by atoms with Crippen LogP contribution in [-0.2, 0) is 11.3 Å². The molecule has 0 aliphatic carbocycles. The van der Waals surface area contributed by atoms with Crippen LogP contribution >= 0.6 is 34.8 Å². The predicted molar refractivity (Wildman–Crippen MR) is 124 cm³/mol. The molecule has 0 fully saturated rings. The second kappa shape index (κ2) is 9.16. The van der Waals surface area contributed by atoms with Crippen LogP contribution in [0.4, 0.5) is 5.95 Å². The molecule has 0 aliphatic rings. The highest BCUT2D eigenvalue weighted by atomic mass is 35.5. The van der Waals surface area contributed by atoms with Crippen molar-refractivity contribution in [2.45, 2.75) is 6.54 Å². The van der Waals surface area contributed by atoms with E-state index < -0.39 is 11.7 Å². The summed E-state index contributed by atoms with van der Waals surface area (Å²) in [5, 5.41) is 3.90. The fourth-order valence-corrected chi connectivity index (χ4v) is 4.06. The zero-order valence-corrected chi connectivity index (χ0v) is 18.9. The van der Waals surface area contributed by atoms with Crippen molar-refractivity contribution < 1.29 is 14.3 Å².